The lowest BCUT2D eigenvalue weighted by Crippen LogP contribution is -2.33. The van der Waals surface area contributed by atoms with Gasteiger partial charge in [0.05, 0.1) is 0 Å². The van der Waals surface area contributed by atoms with Crippen molar-refractivity contribution < 1.29 is 0 Å². The van der Waals surface area contributed by atoms with Crippen molar-refractivity contribution in [2.45, 2.75) is 116 Å². The maximum absolute atomic E-state index is 5.82. The first-order valence-corrected chi connectivity index (χ1v) is 11.8. The molecule has 1 fully saturated rings. The van der Waals surface area contributed by atoms with E-state index in [2.05, 4.69) is 12.2 Å². The van der Waals surface area contributed by atoms with Gasteiger partial charge in [-0.25, -0.2) is 0 Å². The van der Waals surface area contributed by atoms with Crippen molar-refractivity contribution in [1.29, 1.82) is 0 Å². The van der Waals surface area contributed by atoms with E-state index in [1.165, 1.54) is 116 Å². The van der Waals surface area contributed by atoms with E-state index in [0.29, 0.717) is 0 Å². The molecule has 2 aliphatic rings. The van der Waals surface area contributed by atoms with Crippen LogP contribution in [0, 0.1) is 17.8 Å². The zero-order valence-electron chi connectivity index (χ0n) is 16.9. The predicted octanol–water partition coefficient (Wildman–Crippen LogP) is 7.40. The van der Waals surface area contributed by atoms with Crippen LogP contribution in [0.2, 0.25) is 0 Å². The molecule has 25 heavy (non-hydrogen) atoms. The molecule has 0 bridgehead atoms. The van der Waals surface area contributed by atoms with Crippen LogP contribution in [0.1, 0.15) is 116 Å². The molecule has 0 spiro atoms. The molecular weight excluding hydrogens is 302 g/mol. The lowest BCUT2D eigenvalue weighted by Gasteiger charge is -2.42. The van der Waals surface area contributed by atoms with Crippen LogP contribution in [0.5, 0.6) is 0 Å². The van der Waals surface area contributed by atoms with Gasteiger partial charge in [-0.2, -0.15) is 0 Å². The molecule has 0 heterocycles. The first-order chi connectivity index (χ1) is 12.4. The molecule has 2 rings (SSSR count). The summed E-state index contributed by atoms with van der Waals surface area (Å²) >= 11 is 0. The monoisotopic (exact) mass is 347 g/mol. The minimum absolute atomic E-state index is 0.886. The number of fused-ring (bicyclic) bond motifs is 1. The summed E-state index contributed by atoms with van der Waals surface area (Å²) in [4.78, 5) is 0. The molecule has 0 aromatic rings. The first kappa shape index (κ1) is 21.0. The fourth-order valence-corrected chi connectivity index (χ4v) is 5.16. The Bertz CT molecular complexity index is 335. The minimum Gasteiger partial charge on any atom is -0.330 e. The maximum Gasteiger partial charge on any atom is -0.00772 e. The zero-order valence-corrected chi connectivity index (χ0v) is 16.9. The summed E-state index contributed by atoms with van der Waals surface area (Å²) in [7, 11) is 0. The van der Waals surface area contributed by atoms with Gasteiger partial charge >= 0.3 is 0 Å². The molecule has 0 aliphatic heterocycles. The summed E-state index contributed by atoms with van der Waals surface area (Å²) in [5.74, 6) is 3.03. The molecule has 1 heteroatoms. The topological polar surface area (TPSA) is 26.0 Å². The Labute approximate surface area is 158 Å². The van der Waals surface area contributed by atoms with E-state index in [1.54, 1.807) is 0 Å². The Morgan fingerprint density at radius 3 is 1.92 bits per heavy atom. The molecule has 2 N–H and O–H groups in total. The van der Waals surface area contributed by atoms with Crippen LogP contribution in [-0.2, 0) is 0 Å². The van der Waals surface area contributed by atoms with Crippen molar-refractivity contribution in [1.82, 2.24) is 0 Å². The third-order valence-corrected chi connectivity index (χ3v) is 6.93. The van der Waals surface area contributed by atoms with Gasteiger partial charge in [-0.3, -0.25) is 0 Å². The zero-order chi connectivity index (χ0) is 17.6. The highest BCUT2D eigenvalue weighted by atomic mass is 14.5. The van der Waals surface area contributed by atoms with Crippen molar-refractivity contribution in [2.24, 2.45) is 23.5 Å². The van der Waals surface area contributed by atoms with Gasteiger partial charge in [0.2, 0.25) is 0 Å². The van der Waals surface area contributed by atoms with Gasteiger partial charge in [0.15, 0.2) is 0 Å². The van der Waals surface area contributed by atoms with Gasteiger partial charge in [-0.1, -0.05) is 76.4 Å². The third-order valence-electron chi connectivity index (χ3n) is 6.93. The Kier molecular flexibility index (Phi) is 11.6. The SMILES string of the molecule is NCCCC1CCCCCCCCCCCC/C=C\CCC2CCC12. The molecule has 1 saturated carbocycles. The summed E-state index contributed by atoms with van der Waals surface area (Å²) < 4.78 is 0. The predicted molar refractivity (Wildman–Crippen MR) is 112 cm³/mol. The second-order valence-electron chi connectivity index (χ2n) is 8.85. The Balaban J connectivity index is 1.78. The second kappa shape index (κ2) is 13.8. The Morgan fingerprint density at radius 2 is 1.28 bits per heavy atom. The van der Waals surface area contributed by atoms with Gasteiger partial charge in [-0.15, -0.1) is 0 Å². The van der Waals surface area contributed by atoms with Crippen molar-refractivity contribution in [3.8, 4) is 0 Å². The number of rotatable bonds is 3. The molecule has 3 atom stereocenters. The normalized spacial score (nSPS) is 32.4. The molecule has 1 nitrogen and oxygen atoms in total. The summed E-state index contributed by atoms with van der Waals surface area (Å²) in [5.41, 5.74) is 5.82. The summed E-state index contributed by atoms with van der Waals surface area (Å²) in [6.07, 6.45) is 30.8. The van der Waals surface area contributed by atoms with Gasteiger partial charge < -0.3 is 5.73 Å². The van der Waals surface area contributed by atoms with E-state index in [4.69, 9.17) is 5.73 Å². The molecule has 2 aliphatic carbocycles. The van der Waals surface area contributed by atoms with Crippen molar-refractivity contribution >= 4 is 0 Å². The number of allylic oxidation sites excluding steroid dienone is 2. The van der Waals surface area contributed by atoms with Crippen LogP contribution in [-0.4, -0.2) is 6.54 Å². The highest BCUT2D eigenvalue weighted by Gasteiger charge is 2.35. The number of hydrogen-bond acceptors (Lipinski definition) is 1. The van der Waals surface area contributed by atoms with Crippen LogP contribution in [0.3, 0.4) is 0 Å². The first-order valence-electron chi connectivity index (χ1n) is 11.8. The van der Waals surface area contributed by atoms with Crippen LogP contribution < -0.4 is 5.73 Å². The van der Waals surface area contributed by atoms with Crippen LogP contribution in [0.25, 0.3) is 0 Å². The van der Waals surface area contributed by atoms with E-state index in [0.717, 1.165) is 24.3 Å². The maximum atomic E-state index is 5.82. The fraction of sp³-hybridized carbons (Fsp3) is 0.917. The molecule has 0 aromatic heterocycles. The smallest absolute Gasteiger partial charge is 0.00772 e. The van der Waals surface area contributed by atoms with E-state index < -0.39 is 0 Å². The van der Waals surface area contributed by atoms with Gasteiger partial charge in [-0.05, 0) is 75.7 Å². The van der Waals surface area contributed by atoms with Crippen LogP contribution in [0.15, 0.2) is 12.2 Å². The molecule has 0 aromatic carbocycles. The standard InChI is InChI=1S/C24H45N/c25-21-15-18-22-16-13-11-9-7-5-3-1-2-4-6-8-10-12-14-17-23-19-20-24(22)23/h10,12,22-24H,1-9,11,13-21,25H2/b12-10-. The van der Waals surface area contributed by atoms with Crippen LogP contribution in [0.4, 0.5) is 0 Å². The molecule has 0 amide bonds. The van der Waals surface area contributed by atoms with Crippen molar-refractivity contribution in [3.05, 3.63) is 12.2 Å². The summed E-state index contributed by atoms with van der Waals surface area (Å²) in [6, 6.07) is 0. The minimum atomic E-state index is 0.886. The fourth-order valence-electron chi connectivity index (χ4n) is 5.16. The number of nitrogens with two attached hydrogens (primary N) is 1. The average Bonchev–Trinajstić information content (AvgIpc) is 2.60. The van der Waals surface area contributed by atoms with Gasteiger partial charge in [0, 0.05) is 0 Å². The average molecular weight is 348 g/mol. The van der Waals surface area contributed by atoms with E-state index in [-0.39, 0.29) is 0 Å². The second-order valence-corrected chi connectivity index (χ2v) is 8.85. The molecule has 3 unspecified atom stereocenters. The molecule has 0 radical (unpaired) electrons. The highest BCUT2D eigenvalue weighted by molar-refractivity contribution is 4.89. The van der Waals surface area contributed by atoms with Crippen molar-refractivity contribution in [2.75, 3.05) is 6.54 Å². The Morgan fingerprint density at radius 1 is 0.640 bits per heavy atom. The lowest BCUT2D eigenvalue weighted by molar-refractivity contribution is 0.0830. The third kappa shape index (κ3) is 8.76. The molecule has 146 valence electrons. The largest absolute Gasteiger partial charge is 0.330 e. The molecule has 0 saturated heterocycles. The summed E-state index contributed by atoms with van der Waals surface area (Å²) in [6.45, 7) is 0.886. The quantitative estimate of drug-likeness (QED) is 0.529. The van der Waals surface area contributed by atoms with E-state index in [9.17, 15) is 0 Å². The lowest BCUT2D eigenvalue weighted by atomic mass is 9.63. The van der Waals surface area contributed by atoms with Gasteiger partial charge in [0.1, 0.15) is 0 Å². The molecular formula is C24H45N. The highest BCUT2D eigenvalue weighted by Crippen LogP contribution is 2.45. The van der Waals surface area contributed by atoms with E-state index >= 15 is 0 Å². The van der Waals surface area contributed by atoms with Crippen molar-refractivity contribution in [3.63, 3.8) is 0 Å². The Hall–Kier alpha value is -0.300. The van der Waals surface area contributed by atoms with Gasteiger partial charge in [0.25, 0.3) is 0 Å². The van der Waals surface area contributed by atoms with Crippen LogP contribution >= 0.6 is 0 Å². The summed E-state index contributed by atoms with van der Waals surface area (Å²) in [5, 5.41) is 0. The number of hydrogen-bond donors (Lipinski definition) is 1. The van der Waals surface area contributed by atoms with E-state index in [1.807, 2.05) is 0 Å².